The molecule has 15 nitrogen and oxygen atoms in total. The number of nitrogens with one attached hydrogen (secondary N) is 3. The van der Waals surface area contributed by atoms with Crippen molar-refractivity contribution in [2.75, 3.05) is 10.6 Å². The van der Waals surface area contributed by atoms with Gasteiger partial charge in [0.1, 0.15) is 28.8 Å². The van der Waals surface area contributed by atoms with Gasteiger partial charge in [-0.3, -0.25) is 0 Å². The van der Waals surface area contributed by atoms with Gasteiger partial charge in [0.15, 0.2) is 17.5 Å². The van der Waals surface area contributed by atoms with Gasteiger partial charge in [-0.1, -0.05) is 24.3 Å². The fourth-order valence-electron chi connectivity index (χ4n) is 8.85. The highest BCUT2D eigenvalue weighted by atomic mass is 15.2. The van der Waals surface area contributed by atoms with Gasteiger partial charge in [-0.15, -0.1) is 0 Å². The minimum Gasteiger partial charge on any atom is -0.348 e. The molecule has 0 aliphatic rings. The maximum Gasteiger partial charge on any atom is 0.159 e. The number of aromatic nitrogens is 13. The molecule has 0 aliphatic carbocycles. The van der Waals surface area contributed by atoms with E-state index in [1.807, 2.05) is 76.9 Å². The normalized spacial score (nSPS) is 11.6. The quantitative estimate of drug-likeness (QED) is 0.118. The van der Waals surface area contributed by atoms with Crippen LogP contribution in [-0.4, -0.2) is 61.9 Å². The number of benzene rings is 3. The van der Waals surface area contributed by atoms with Crippen molar-refractivity contribution >= 4 is 34.0 Å². The van der Waals surface area contributed by atoms with Gasteiger partial charge in [0.2, 0.25) is 0 Å². The number of imidazole rings is 5. The van der Waals surface area contributed by atoms with Crippen LogP contribution in [0, 0.1) is 0 Å². The van der Waals surface area contributed by atoms with E-state index in [4.69, 9.17) is 19.9 Å². The zero-order chi connectivity index (χ0) is 44.5. The molecule has 8 aromatic heterocycles. The van der Waals surface area contributed by atoms with Crippen LogP contribution < -0.4 is 10.6 Å². The molecule has 0 radical (unpaired) electrons. The molecule has 3 aromatic carbocycles. The van der Waals surface area contributed by atoms with Gasteiger partial charge in [-0.25, -0.2) is 24.9 Å². The highest BCUT2D eigenvalue weighted by Gasteiger charge is 2.20. The minimum absolute atomic E-state index is 0.802. The fraction of sp³-hybridized carbons (Fsp3) is 0.140. The Morgan fingerprint density at radius 1 is 0.446 bits per heavy atom. The van der Waals surface area contributed by atoms with Gasteiger partial charge in [0.05, 0.1) is 70.6 Å². The number of hydrogen-bond donors (Lipinski definition) is 3. The summed E-state index contributed by atoms with van der Waals surface area (Å²) >= 11 is 0. The number of aromatic amines is 1. The van der Waals surface area contributed by atoms with Gasteiger partial charge in [-0.05, 0) is 90.0 Å². The Morgan fingerprint density at radius 2 is 1.09 bits per heavy atom. The van der Waals surface area contributed by atoms with Crippen molar-refractivity contribution in [2.45, 2.75) is 0 Å². The molecule has 0 unspecified atom stereocenters. The summed E-state index contributed by atoms with van der Waals surface area (Å²) in [6, 6.07) is 35.8. The number of hydrogen-bond acceptors (Lipinski definition) is 7. The van der Waals surface area contributed by atoms with E-state index in [9.17, 15) is 0 Å². The lowest BCUT2D eigenvalue weighted by Crippen LogP contribution is -2.04. The lowest BCUT2D eigenvalue weighted by Gasteiger charge is -2.14. The molecule has 0 bridgehead atoms. The predicted molar refractivity (Wildman–Crippen MR) is 258 cm³/mol. The van der Waals surface area contributed by atoms with Crippen LogP contribution in [0.5, 0.6) is 0 Å². The Morgan fingerprint density at radius 3 is 1.82 bits per heavy atom. The summed E-state index contributed by atoms with van der Waals surface area (Å²) in [6.07, 6.45) is 11.3. The van der Waals surface area contributed by atoms with Gasteiger partial charge in [0.25, 0.3) is 0 Å². The summed E-state index contributed by atoms with van der Waals surface area (Å²) in [4.78, 5) is 27.0. The number of H-pyrrole nitrogens is 1. The molecule has 0 spiro atoms. The van der Waals surface area contributed by atoms with Gasteiger partial charge in [0, 0.05) is 72.5 Å². The maximum absolute atomic E-state index is 4.89. The summed E-state index contributed by atoms with van der Waals surface area (Å²) in [5.74, 6) is 5.19. The SMILES string of the molecule is Cn1cccc1-c1nc2cc(-c3ncc(-c4ncc(Nc5cccc(-c6cccc(Nc7ccc(-c8ccc(-c9cnc(-c%10cncn%10C)n9C)n8C)n7C)c6)c5)n4C)n3C)ccc2[nH]1. The van der Waals surface area contributed by atoms with E-state index < -0.39 is 0 Å². The molecule has 65 heavy (non-hydrogen) atoms. The van der Waals surface area contributed by atoms with E-state index in [-0.39, 0.29) is 0 Å². The molecule has 11 aromatic rings. The molecule has 15 heteroatoms. The first-order valence-electron chi connectivity index (χ1n) is 21.3. The van der Waals surface area contributed by atoms with Crippen LogP contribution in [0.1, 0.15) is 0 Å². The number of rotatable bonds is 11. The Kier molecular flexibility index (Phi) is 9.27. The molecule has 322 valence electrons. The minimum atomic E-state index is 0.802. The topological polar surface area (TPSA) is 139 Å². The highest BCUT2D eigenvalue weighted by Crippen LogP contribution is 2.35. The van der Waals surface area contributed by atoms with Crippen molar-refractivity contribution in [3.05, 3.63) is 140 Å². The average molecular weight is 858 g/mol. The lowest BCUT2D eigenvalue weighted by molar-refractivity contribution is 0.856. The summed E-state index contributed by atoms with van der Waals surface area (Å²) in [5, 5.41) is 7.27. The van der Waals surface area contributed by atoms with Crippen molar-refractivity contribution in [2.24, 2.45) is 49.3 Å². The zero-order valence-corrected chi connectivity index (χ0v) is 37.1. The smallest absolute Gasteiger partial charge is 0.159 e. The van der Waals surface area contributed by atoms with E-state index in [2.05, 4.69) is 159 Å². The Labute approximate surface area is 375 Å². The third-order valence-corrected chi connectivity index (χ3v) is 12.5. The average Bonchev–Trinajstić information content (AvgIpc) is 4.20. The monoisotopic (exact) mass is 857 g/mol. The fourth-order valence-corrected chi connectivity index (χ4v) is 8.85. The van der Waals surface area contributed by atoms with E-state index in [0.29, 0.717) is 0 Å². The summed E-state index contributed by atoms with van der Waals surface area (Å²) in [7, 11) is 14.3. The van der Waals surface area contributed by atoms with Crippen molar-refractivity contribution in [3.63, 3.8) is 0 Å². The Balaban J connectivity index is 0.792. The summed E-state index contributed by atoms with van der Waals surface area (Å²) in [5.41, 5.74) is 14.2. The van der Waals surface area contributed by atoms with E-state index >= 15 is 0 Å². The van der Waals surface area contributed by atoms with E-state index in [1.54, 1.807) is 6.33 Å². The van der Waals surface area contributed by atoms with Gasteiger partial charge < -0.3 is 47.6 Å². The number of anilines is 4. The van der Waals surface area contributed by atoms with Crippen LogP contribution in [0.2, 0.25) is 0 Å². The van der Waals surface area contributed by atoms with Crippen LogP contribution >= 0.6 is 0 Å². The zero-order valence-electron chi connectivity index (χ0n) is 37.1. The lowest BCUT2D eigenvalue weighted by atomic mass is 10.0. The molecule has 0 saturated carbocycles. The third kappa shape index (κ3) is 6.72. The molecule has 0 amide bonds. The molecule has 0 atom stereocenters. The Bertz CT molecular complexity index is 3550. The standard InChI is InChI=1S/C50H47N15/c1-59-22-10-15-41(59)47-57-36-17-16-33(25-37(36)58-47)48-52-28-44(64(48)6)50-54-29-46(65(50)7)56-35-14-9-12-32(24-35)31-11-8-13-34(23-31)55-45-21-20-39(62(45)4)38-18-19-40(61(38)3)42-27-53-49(63(42)5)43-26-51-30-60(43)2/h8-30,55-56H,1-7H3,(H,57,58). The van der Waals surface area contributed by atoms with Crippen LogP contribution in [0.15, 0.2) is 140 Å². The second-order valence-electron chi connectivity index (χ2n) is 16.5. The Hall–Kier alpha value is -8.59. The second kappa shape index (κ2) is 15.3. The number of nitrogens with zero attached hydrogens (tertiary/aromatic N) is 12. The third-order valence-electron chi connectivity index (χ3n) is 12.5. The van der Waals surface area contributed by atoms with E-state index in [1.165, 1.54) is 0 Å². The van der Waals surface area contributed by atoms with Crippen LogP contribution in [0.4, 0.5) is 23.0 Å². The molecule has 11 rings (SSSR count). The molecular weight excluding hydrogens is 811 g/mol. The van der Waals surface area contributed by atoms with Crippen molar-refractivity contribution in [1.29, 1.82) is 0 Å². The molecule has 0 saturated heterocycles. The largest absolute Gasteiger partial charge is 0.348 e. The van der Waals surface area contributed by atoms with Crippen LogP contribution in [-0.2, 0) is 49.3 Å². The first kappa shape index (κ1) is 39.3. The van der Waals surface area contributed by atoms with Crippen molar-refractivity contribution < 1.29 is 0 Å². The predicted octanol–water partition coefficient (Wildman–Crippen LogP) is 9.67. The van der Waals surface area contributed by atoms with Crippen molar-refractivity contribution in [3.8, 4) is 79.8 Å². The molecule has 8 heterocycles. The molecule has 0 fully saturated rings. The van der Waals surface area contributed by atoms with Crippen LogP contribution in [0.25, 0.3) is 90.9 Å². The molecule has 3 N–H and O–H groups in total. The van der Waals surface area contributed by atoms with E-state index in [0.717, 1.165) is 114 Å². The second-order valence-corrected chi connectivity index (χ2v) is 16.5. The number of aryl methyl sites for hydroxylation is 2. The van der Waals surface area contributed by atoms with Crippen LogP contribution in [0.3, 0.4) is 0 Å². The molecular formula is C50H47N15. The summed E-state index contributed by atoms with van der Waals surface area (Å²) < 4.78 is 14.7. The van der Waals surface area contributed by atoms with Crippen molar-refractivity contribution in [1.82, 2.24) is 61.9 Å². The van der Waals surface area contributed by atoms with Gasteiger partial charge >= 0.3 is 0 Å². The first-order valence-corrected chi connectivity index (χ1v) is 21.3. The highest BCUT2D eigenvalue weighted by molar-refractivity contribution is 5.84. The molecule has 0 aliphatic heterocycles. The number of fused-ring (bicyclic) bond motifs is 1. The maximum atomic E-state index is 4.89. The first-order chi connectivity index (χ1) is 31.6. The summed E-state index contributed by atoms with van der Waals surface area (Å²) in [6.45, 7) is 0. The van der Waals surface area contributed by atoms with Gasteiger partial charge in [-0.2, -0.15) is 0 Å².